The molecule has 0 unspecified atom stereocenters. The molecule has 1 aliphatic heterocycles. The molecule has 3 nitrogen and oxygen atoms in total. The Morgan fingerprint density at radius 3 is 2.60 bits per heavy atom. The first kappa shape index (κ1) is 10.7. The van der Waals surface area contributed by atoms with Crippen molar-refractivity contribution >= 4 is 18.4 Å². The average molecular weight is 223 g/mol. The maximum atomic E-state index is 4.23. The van der Waals surface area contributed by atoms with Crippen LogP contribution in [0.5, 0.6) is 0 Å². The SMILES string of the molecule is CC1CCN(c2ccc(CS)nn2)CC1. The predicted octanol–water partition coefficient (Wildman–Crippen LogP) is 2.14. The van der Waals surface area contributed by atoms with Crippen molar-refractivity contribution in [2.45, 2.75) is 25.5 Å². The van der Waals surface area contributed by atoms with Gasteiger partial charge in [0.25, 0.3) is 0 Å². The summed E-state index contributed by atoms with van der Waals surface area (Å²) in [6, 6.07) is 4.06. The van der Waals surface area contributed by atoms with Crippen LogP contribution in [0.4, 0.5) is 5.82 Å². The number of piperidine rings is 1. The van der Waals surface area contributed by atoms with Crippen LogP contribution in [0, 0.1) is 5.92 Å². The van der Waals surface area contributed by atoms with E-state index < -0.39 is 0 Å². The Labute approximate surface area is 96.3 Å². The Morgan fingerprint density at radius 2 is 2.07 bits per heavy atom. The molecule has 0 bridgehead atoms. The van der Waals surface area contributed by atoms with Crippen LogP contribution in [0.1, 0.15) is 25.5 Å². The van der Waals surface area contributed by atoms with Gasteiger partial charge in [-0.25, -0.2) is 0 Å². The lowest BCUT2D eigenvalue weighted by Crippen LogP contribution is -2.33. The summed E-state index contributed by atoms with van der Waals surface area (Å²) in [7, 11) is 0. The average Bonchev–Trinajstić information content (AvgIpc) is 2.30. The van der Waals surface area contributed by atoms with Crippen molar-refractivity contribution in [3.63, 3.8) is 0 Å². The molecule has 1 aromatic heterocycles. The summed E-state index contributed by atoms with van der Waals surface area (Å²) in [6.45, 7) is 4.53. The highest BCUT2D eigenvalue weighted by Crippen LogP contribution is 2.20. The molecule has 0 amide bonds. The highest BCUT2D eigenvalue weighted by molar-refractivity contribution is 7.79. The second kappa shape index (κ2) is 4.84. The lowest BCUT2D eigenvalue weighted by atomic mass is 9.99. The number of nitrogens with zero attached hydrogens (tertiary/aromatic N) is 3. The van der Waals surface area contributed by atoms with Gasteiger partial charge in [0.15, 0.2) is 5.82 Å². The molecule has 0 spiro atoms. The molecule has 0 saturated carbocycles. The van der Waals surface area contributed by atoms with E-state index in [9.17, 15) is 0 Å². The minimum atomic E-state index is 0.657. The van der Waals surface area contributed by atoms with Gasteiger partial charge in [0.05, 0.1) is 5.69 Å². The predicted molar refractivity (Wildman–Crippen MR) is 65.3 cm³/mol. The van der Waals surface area contributed by atoms with E-state index in [4.69, 9.17) is 0 Å². The topological polar surface area (TPSA) is 29.0 Å². The molecule has 1 saturated heterocycles. The fraction of sp³-hybridized carbons (Fsp3) is 0.636. The zero-order chi connectivity index (χ0) is 10.7. The van der Waals surface area contributed by atoms with Gasteiger partial charge < -0.3 is 4.90 Å². The third-order valence-corrected chi connectivity index (χ3v) is 3.30. The van der Waals surface area contributed by atoms with Gasteiger partial charge in [0.1, 0.15) is 0 Å². The van der Waals surface area contributed by atoms with E-state index in [1.54, 1.807) is 0 Å². The van der Waals surface area contributed by atoms with Crippen LogP contribution in [0.15, 0.2) is 12.1 Å². The Kier molecular flexibility index (Phi) is 3.46. The molecule has 0 aliphatic carbocycles. The summed E-state index contributed by atoms with van der Waals surface area (Å²) in [5, 5.41) is 8.35. The van der Waals surface area contributed by atoms with Gasteiger partial charge >= 0.3 is 0 Å². The van der Waals surface area contributed by atoms with Crippen LogP contribution in [-0.4, -0.2) is 23.3 Å². The molecule has 1 aliphatic rings. The standard InChI is InChI=1S/C11H17N3S/c1-9-4-6-14(7-5-9)11-3-2-10(8-15)12-13-11/h2-3,9,15H,4-8H2,1H3. The van der Waals surface area contributed by atoms with Crippen molar-refractivity contribution in [2.75, 3.05) is 18.0 Å². The number of hydrogen-bond acceptors (Lipinski definition) is 4. The first-order valence-corrected chi connectivity index (χ1v) is 6.11. The van der Waals surface area contributed by atoms with E-state index >= 15 is 0 Å². The molecule has 2 rings (SSSR count). The number of rotatable bonds is 2. The largest absolute Gasteiger partial charge is 0.355 e. The summed E-state index contributed by atoms with van der Waals surface area (Å²) in [5.41, 5.74) is 0.937. The Bertz CT molecular complexity index is 304. The Balaban J connectivity index is 2.03. The molecule has 1 fully saturated rings. The van der Waals surface area contributed by atoms with E-state index in [2.05, 4.69) is 40.7 Å². The summed E-state index contributed by atoms with van der Waals surface area (Å²) >= 11 is 4.17. The number of thiol groups is 1. The molecular weight excluding hydrogens is 206 g/mol. The molecule has 0 N–H and O–H groups in total. The zero-order valence-corrected chi connectivity index (χ0v) is 9.95. The molecule has 2 heterocycles. The Hall–Kier alpha value is -0.770. The van der Waals surface area contributed by atoms with Crippen molar-refractivity contribution in [3.8, 4) is 0 Å². The van der Waals surface area contributed by atoms with Crippen molar-refractivity contribution in [3.05, 3.63) is 17.8 Å². The lowest BCUT2D eigenvalue weighted by Gasteiger charge is -2.30. The van der Waals surface area contributed by atoms with Crippen LogP contribution in [0.2, 0.25) is 0 Å². The van der Waals surface area contributed by atoms with Gasteiger partial charge in [0.2, 0.25) is 0 Å². The first-order valence-electron chi connectivity index (χ1n) is 5.48. The van der Waals surface area contributed by atoms with Crippen LogP contribution >= 0.6 is 12.6 Å². The molecule has 82 valence electrons. The van der Waals surface area contributed by atoms with Crippen molar-refractivity contribution < 1.29 is 0 Å². The van der Waals surface area contributed by atoms with Gasteiger partial charge in [0, 0.05) is 18.8 Å². The van der Waals surface area contributed by atoms with Gasteiger partial charge in [-0.15, -0.1) is 5.10 Å². The van der Waals surface area contributed by atoms with Gasteiger partial charge in [-0.1, -0.05) is 6.92 Å². The van der Waals surface area contributed by atoms with E-state index in [0.717, 1.165) is 30.5 Å². The second-order valence-electron chi connectivity index (χ2n) is 4.21. The minimum Gasteiger partial charge on any atom is -0.355 e. The highest BCUT2D eigenvalue weighted by Gasteiger charge is 2.16. The quantitative estimate of drug-likeness (QED) is 0.779. The maximum absolute atomic E-state index is 4.23. The van der Waals surface area contributed by atoms with E-state index in [1.165, 1.54) is 12.8 Å². The third kappa shape index (κ3) is 2.62. The van der Waals surface area contributed by atoms with Gasteiger partial charge in [-0.3, -0.25) is 0 Å². The minimum absolute atomic E-state index is 0.657. The molecule has 0 aromatic carbocycles. The zero-order valence-electron chi connectivity index (χ0n) is 9.06. The fourth-order valence-electron chi connectivity index (χ4n) is 1.84. The second-order valence-corrected chi connectivity index (χ2v) is 4.53. The molecule has 4 heteroatoms. The fourth-order valence-corrected chi connectivity index (χ4v) is 2.01. The summed E-state index contributed by atoms with van der Waals surface area (Å²) in [6.07, 6.45) is 2.52. The highest BCUT2D eigenvalue weighted by atomic mass is 32.1. The van der Waals surface area contributed by atoms with Crippen molar-refractivity contribution in [1.82, 2.24) is 10.2 Å². The third-order valence-electron chi connectivity index (χ3n) is 2.98. The van der Waals surface area contributed by atoms with Crippen LogP contribution in [0.3, 0.4) is 0 Å². The smallest absolute Gasteiger partial charge is 0.151 e. The number of hydrogen-bond donors (Lipinski definition) is 1. The number of aromatic nitrogens is 2. The van der Waals surface area contributed by atoms with E-state index in [0.29, 0.717) is 5.75 Å². The molecule has 0 atom stereocenters. The summed E-state index contributed by atoms with van der Waals surface area (Å²) in [5.74, 6) is 2.52. The monoisotopic (exact) mass is 223 g/mol. The molecule has 1 aromatic rings. The van der Waals surface area contributed by atoms with Crippen LogP contribution in [-0.2, 0) is 5.75 Å². The first-order chi connectivity index (χ1) is 7.29. The molecule has 0 radical (unpaired) electrons. The summed E-state index contributed by atoms with van der Waals surface area (Å²) < 4.78 is 0. The van der Waals surface area contributed by atoms with E-state index in [-0.39, 0.29) is 0 Å². The van der Waals surface area contributed by atoms with Crippen LogP contribution in [0.25, 0.3) is 0 Å². The molecule has 15 heavy (non-hydrogen) atoms. The van der Waals surface area contributed by atoms with Crippen LogP contribution < -0.4 is 4.90 Å². The number of anilines is 1. The van der Waals surface area contributed by atoms with E-state index in [1.807, 2.05) is 6.07 Å². The van der Waals surface area contributed by atoms with Crippen molar-refractivity contribution in [2.24, 2.45) is 5.92 Å². The van der Waals surface area contributed by atoms with Gasteiger partial charge in [-0.05, 0) is 30.9 Å². The Morgan fingerprint density at radius 1 is 1.33 bits per heavy atom. The summed E-state index contributed by atoms with van der Waals surface area (Å²) in [4.78, 5) is 2.31. The van der Waals surface area contributed by atoms with Gasteiger partial charge in [-0.2, -0.15) is 17.7 Å². The maximum Gasteiger partial charge on any atom is 0.151 e. The molecular formula is C11H17N3S. The normalized spacial score (nSPS) is 18.1. The lowest BCUT2D eigenvalue weighted by molar-refractivity contribution is 0.436. The van der Waals surface area contributed by atoms with Crippen molar-refractivity contribution in [1.29, 1.82) is 0 Å².